The second kappa shape index (κ2) is 7.15. The second-order valence-corrected chi connectivity index (χ2v) is 7.45. The van der Waals surface area contributed by atoms with Gasteiger partial charge in [0.2, 0.25) is 0 Å². The average Bonchev–Trinajstić information content (AvgIpc) is 3.08. The number of hydrogen-bond donors (Lipinski definition) is 0. The molecular formula is C15H19N3OS2. The number of nitrogens with zero attached hydrogens (tertiary/aromatic N) is 3. The zero-order chi connectivity index (χ0) is 14.5. The molecule has 1 aliphatic heterocycles. The minimum atomic E-state index is -0.889. The van der Waals surface area contributed by atoms with Crippen LogP contribution in [0.15, 0.2) is 46.8 Å². The third-order valence-electron chi connectivity index (χ3n) is 3.66. The largest absolute Gasteiger partial charge is 0.346 e. The van der Waals surface area contributed by atoms with Gasteiger partial charge in [-0.2, -0.15) is 0 Å². The van der Waals surface area contributed by atoms with Crippen molar-refractivity contribution in [3.63, 3.8) is 0 Å². The first-order chi connectivity index (χ1) is 10.3. The summed E-state index contributed by atoms with van der Waals surface area (Å²) in [6.45, 7) is 4.95. The topological polar surface area (TPSA) is 36.4 Å². The van der Waals surface area contributed by atoms with Crippen LogP contribution in [0.5, 0.6) is 0 Å². The van der Waals surface area contributed by atoms with Crippen LogP contribution in [0, 0.1) is 0 Å². The Kier molecular flexibility index (Phi) is 5.00. The molecule has 0 spiro atoms. The maximum absolute atomic E-state index is 12.2. The van der Waals surface area contributed by atoms with Gasteiger partial charge in [-0.05, 0) is 12.1 Å². The average molecular weight is 321 g/mol. The Bertz CT molecular complexity index is 566. The van der Waals surface area contributed by atoms with Gasteiger partial charge in [-0.3, -0.25) is 9.11 Å². The van der Waals surface area contributed by atoms with Crippen LogP contribution in [0.2, 0.25) is 0 Å². The maximum atomic E-state index is 12.2. The summed E-state index contributed by atoms with van der Waals surface area (Å²) in [5.41, 5.74) is 0. The van der Waals surface area contributed by atoms with Gasteiger partial charge in [0.1, 0.15) is 0 Å². The highest BCUT2D eigenvalue weighted by molar-refractivity contribution is 7.85. The van der Waals surface area contributed by atoms with Crippen molar-refractivity contribution in [2.24, 2.45) is 0 Å². The van der Waals surface area contributed by atoms with Gasteiger partial charge in [-0.25, -0.2) is 4.98 Å². The first-order valence-electron chi connectivity index (χ1n) is 7.13. The fourth-order valence-electron chi connectivity index (χ4n) is 2.44. The molecule has 4 nitrogen and oxygen atoms in total. The monoisotopic (exact) mass is 321 g/mol. The van der Waals surface area contributed by atoms with Crippen molar-refractivity contribution in [1.82, 2.24) is 9.88 Å². The molecule has 1 fully saturated rings. The van der Waals surface area contributed by atoms with Crippen molar-refractivity contribution in [2.75, 3.05) is 43.4 Å². The predicted molar refractivity (Wildman–Crippen MR) is 88.5 cm³/mol. The molecule has 2 heterocycles. The summed E-state index contributed by atoms with van der Waals surface area (Å²) in [7, 11) is -0.889. The molecule has 1 aromatic carbocycles. The molecule has 112 valence electrons. The fraction of sp³-hybridized carbons (Fsp3) is 0.400. The highest BCUT2D eigenvalue weighted by Crippen LogP contribution is 2.18. The van der Waals surface area contributed by atoms with Gasteiger partial charge in [0.25, 0.3) is 0 Å². The highest BCUT2D eigenvalue weighted by Gasteiger charge is 2.18. The third-order valence-corrected chi connectivity index (χ3v) is 5.84. The van der Waals surface area contributed by atoms with E-state index in [1.807, 2.05) is 41.9 Å². The molecule has 1 aliphatic rings. The summed E-state index contributed by atoms with van der Waals surface area (Å²) in [5, 5.41) is 3.13. The Balaban J connectivity index is 1.45. The first kappa shape index (κ1) is 14.7. The van der Waals surface area contributed by atoms with E-state index < -0.39 is 10.8 Å². The molecule has 0 bridgehead atoms. The summed E-state index contributed by atoms with van der Waals surface area (Å²) < 4.78 is 12.2. The lowest BCUT2D eigenvalue weighted by Gasteiger charge is -2.34. The highest BCUT2D eigenvalue weighted by atomic mass is 32.2. The van der Waals surface area contributed by atoms with E-state index in [1.165, 1.54) is 0 Å². The van der Waals surface area contributed by atoms with Crippen molar-refractivity contribution in [3.8, 4) is 0 Å². The van der Waals surface area contributed by atoms with Crippen molar-refractivity contribution in [1.29, 1.82) is 0 Å². The minimum Gasteiger partial charge on any atom is -0.346 e. The number of benzene rings is 1. The molecule has 1 saturated heterocycles. The molecule has 0 saturated carbocycles. The normalized spacial score (nSPS) is 17.8. The fourth-order valence-corrected chi connectivity index (χ4v) is 4.25. The quantitative estimate of drug-likeness (QED) is 0.845. The number of rotatable bonds is 5. The summed E-state index contributed by atoms with van der Waals surface area (Å²) in [4.78, 5) is 10.0. The number of thiazole rings is 1. The molecule has 1 atom stereocenters. The van der Waals surface area contributed by atoms with Crippen LogP contribution in [-0.2, 0) is 10.8 Å². The van der Waals surface area contributed by atoms with E-state index in [9.17, 15) is 4.21 Å². The van der Waals surface area contributed by atoms with Crippen molar-refractivity contribution in [2.45, 2.75) is 4.90 Å². The molecular weight excluding hydrogens is 302 g/mol. The van der Waals surface area contributed by atoms with E-state index in [-0.39, 0.29) is 0 Å². The molecule has 0 radical (unpaired) electrons. The van der Waals surface area contributed by atoms with Gasteiger partial charge in [-0.15, -0.1) is 11.3 Å². The Morgan fingerprint density at radius 1 is 1.14 bits per heavy atom. The number of piperazine rings is 1. The zero-order valence-corrected chi connectivity index (χ0v) is 13.5. The van der Waals surface area contributed by atoms with Crippen LogP contribution in [0.25, 0.3) is 0 Å². The smallest absolute Gasteiger partial charge is 0.185 e. The molecule has 3 rings (SSSR count). The predicted octanol–water partition coefficient (Wildman–Crippen LogP) is 2.07. The molecule has 21 heavy (non-hydrogen) atoms. The standard InChI is InChI=1S/C15H19N3OS2/c19-21(14-4-2-1-3-5-14)13-11-17-7-9-18(10-8-17)15-16-6-12-20-15/h1-6,12H,7-11,13H2/t21-/m1/s1. The van der Waals surface area contributed by atoms with E-state index in [1.54, 1.807) is 11.3 Å². The lowest BCUT2D eigenvalue weighted by Crippen LogP contribution is -2.47. The number of anilines is 1. The summed E-state index contributed by atoms with van der Waals surface area (Å²) in [6, 6.07) is 9.73. The van der Waals surface area contributed by atoms with Gasteiger partial charge in [0.05, 0.1) is 10.8 Å². The lowest BCUT2D eigenvalue weighted by molar-refractivity contribution is 0.272. The molecule has 1 aromatic heterocycles. The summed E-state index contributed by atoms with van der Waals surface area (Å²) >= 11 is 1.69. The Labute approximate surface area is 131 Å². The van der Waals surface area contributed by atoms with Gasteiger partial charge in [-0.1, -0.05) is 18.2 Å². The van der Waals surface area contributed by atoms with Crippen molar-refractivity contribution < 1.29 is 4.21 Å². The lowest BCUT2D eigenvalue weighted by atomic mass is 10.3. The van der Waals surface area contributed by atoms with E-state index in [0.29, 0.717) is 5.75 Å². The Hall–Kier alpha value is -1.24. The van der Waals surface area contributed by atoms with E-state index >= 15 is 0 Å². The van der Waals surface area contributed by atoms with Gasteiger partial charge in [0, 0.05) is 54.9 Å². The summed E-state index contributed by atoms with van der Waals surface area (Å²) in [6.07, 6.45) is 1.86. The number of aromatic nitrogens is 1. The Morgan fingerprint density at radius 3 is 2.57 bits per heavy atom. The number of hydrogen-bond acceptors (Lipinski definition) is 5. The molecule has 0 N–H and O–H groups in total. The molecule has 0 aliphatic carbocycles. The third kappa shape index (κ3) is 3.90. The molecule has 0 unspecified atom stereocenters. The van der Waals surface area contributed by atoms with Crippen molar-refractivity contribution >= 4 is 27.3 Å². The van der Waals surface area contributed by atoms with Crippen LogP contribution in [-0.4, -0.2) is 52.6 Å². The SMILES string of the molecule is O=[S@](CCN1CCN(c2nccs2)CC1)c1ccccc1. The van der Waals surface area contributed by atoms with Crippen LogP contribution in [0.3, 0.4) is 0 Å². The van der Waals surface area contributed by atoms with Crippen LogP contribution >= 0.6 is 11.3 Å². The van der Waals surface area contributed by atoms with Gasteiger partial charge < -0.3 is 4.90 Å². The zero-order valence-electron chi connectivity index (χ0n) is 11.9. The van der Waals surface area contributed by atoms with Gasteiger partial charge in [0.15, 0.2) is 5.13 Å². The van der Waals surface area contributed by atoms with Crippen molar-refractivity contribution in [3.05, 3.63) is 41.9 Å². The van der Waals surface area contributed by atoms with Gasteiger partial charge >= 0.3 is 0 Å². The minimum absolute atomic E-state index is 0.710. The molecule has 2 aromatic rings. The van der Waals surface area contributed by atoms with Crippen LogP contribution in [0.4, 0.5) is 5.13 Å². The van der Waals surface area contributed by atoms with E-state index in [0.717, 1.165) is 42.8 Å². The van der Waals surface area contributed by atoms with Crippen LogP contribution < -0.4 is 4.90 Å². The maximum Gasteiger partial charge on any atom is 0.185 e. The van der Waals surface area contributed by atoms with Crippen LogP contribution in [0.1, 0.15) is 0 Å². The Morgan fingerprint density at radius 2 is 1.90 bits per heavy atom. The first-order valence-corrected chi connectivity index (χ1v) is 9.33. The molecule has 6 heteroatoms. The summed E-state index contributed by atoms with van der Waals surface area (Å²) in [5.74, 6) is 0.710. The molecule has 0 amide bonds. The van der Waals surface area contributed by atoms with E-state index in [4.69, 9.17) is 0 Å². The second-order valence-electron chi connectivity index (χ2n) is 5.01. The van der Waals surface area contributed by atoms with E-state index in [2.05, 4.69) is 14.8 Å².